The molecule has 0 aromatic heterocycles. The van der Waals surface area contributed by atoms with E-state index in [1.165, 1.54) is 19.3 Å². The molecule has 0 aliphatic rings. The van der Waals surface area contributed by atoms with E-state index in [-0.39, 0.29) is 13.2 Å². The van der Waals surface area contributed by atoms with Crippen molar-refractivity contribution < 1.29 is 23.8 Å². The standard InChI is InChI=1S/C17H32O5/c1-4-7-8-9-10-11-21-16(18)13-20-14-17(19)22-12-15(5-2)6-3/h15H,4-14H2,1-3H3. The van der Waals surface area contributed by atoms with Gasteiger partial charge in [-0.25, -0.2) is 9.59 Å². The van der Waals surface area contributed by atoms with Gasteiger partial charge in [-0.05, 0) is 12.3 Å². The van der Waals surface area contributed by atoms with Crippen molar-refractivity contribution in [2.75, 3.05) is 26.4 Å². The van der Waals surface area contributed by atoms with Gasteiger partial charge in [-0.15, -0.1) is 0 Å². The van der Waals surface area contributed by atoms with Crippen LogP contribution in [-0.2, 0) is 23.8 Å². The molecule has 0 radical (unpaired) electrons. The molecule has 0 aromatic carbocycles. The van der Waals surface area contributed by atoms with Crippen LogP contribution in [0.25, 0.3) is 0 Å². The molecule has 0 spiro atoms. The first kappa shape index (κ1) is 20.9. The van der Waals surface area contributed by atoms with Gasteiger partial charge in [-0.1, -0.05) is 59.3 Å². The maximum atomic E-state index is 11.4. The molecule has 0 aliphatic carbocycles. The van der Waals surface area contributed by atoms with E-state index in [4.69, 9.17) is 14.2 Å². The molecular weight excluding hydrogens is 284 g/mol. The van der Waals surface area contributed by atoms with Crippen molar-refractivity contribution in [2.24, 2.45) is 5.92 Å². The summed E-state index contributed by atoms with van der Waals surface area (Å²) in [7, 11) is 0. The van der Waals surface area contributed by atoms with E-state index in [0.717, 1.165) is 25.7 Å². The smallest absolute Gasteiger partial charge is 0.332 e. The van der Waals surface area contributed by atoms with E-state index in [2.05, 4.69) is 20.8 Å². The van der Waals surface area contributed by atoms with Crippen molar-refractivity contribution in [3.8, 4) is 0 Å². The molecule has 130 valence electrons. The summed E-state index contributed by atoms with van der Waals surface area (Å²) in [6.45, 7) is 6.73. The highest BCUT2D eigenvalue weighted by molar-refractivity contribution is 5.73. The average molecular weight is 316 g/mol. The van der Waals surface area contributed by atoms with Crippen molar-refractivity contribution in [1.82, 2.24) is 0 Å². The molecule has 0 fully saturated rings. The molecule has 0 amide bonds. The Morgan fingerprint density at radius 3 is 2.00 bits per heavy atom. The minimum absolute atomic E-state index is 0.199. The molecule has 0 bridgehead atoms. The van der Waals surface area contributed by atoms with Gasteiger partial charge in [0.15, 0.2) is 0 Å². The summed E-state index contributed by atoms with van der Waals surface area (Å²) in [5.41, 5.74) is 0. The highest BCUT2D eigenvalue weighted by Gasteiger charge is 2.10. The van der Waals surface area contributed by atoms with Crippen LogP contribution in [0.2, 0.25) is 0 Å². The predicted octanol–water partition coefficient (Wildman–Crippen LogP) is 3.50. The van der Waals surface area contributed by atoms with E-state index in [1.54, 1.807) is 0 Å². The van der Waals surface area contributed by atoms with E-state index in [0.29, 0.717) is 19.1 Å². The topological polar surface area (TPSA) is 61.8 Å². The molecule has 0 aromatic rings. The van der Waals surface area contributed by atoms with Crippen molar-refractivity contribution in [3.05, 3.63) is 0 Å². The normalized spacial score (nSPS) is 10.7. The van der Waals surface area contributed by atoms with Gasteiger partial charge in [0.05, 0.1) is 13.2 Å². The van der Waals surface area contributed by atoms with Crippen LogP contribution in [0.15, 0.2) is 0 Å². The Labute approximate surface area is 134 Å². The van der Waals surface area contributed by atoms with Crippen LogP contribution in [0.5, 0.6) is 0 Å². The molecule has 5 heteroatoms. The number of hydrogen-bond acceptors (Lipinski definition) is 5. The molecule has 22 heavy (non-hydrogen) atoms. The summed E-state index contributed by atoms with van der Waals surface area (Å²) in [5.74, 6) is -0.468. The van der Waals surface area contributed by atoms with E-state index in [1.807, 2.05) is 0 Å². The molecule has 0 saturated carbocycles. The molecule has 0 rings (SSSR count). The molecule has 5 nitrogen and oxygen atoms in total. The summed E-state index contributed by atoms with van der Waals surface area (Å²) in [6.07, 6.45) is 7.50. The Morgan fingerprint density at radius 2 is 1.41 bits per heavy atom. The van der Waals surface area contributed by atoms with Gasteiger partial charge < -0.3 is 14.2 Å². The van der Waals surface area contributed by atoms with Crippen LogP contribution in [0.1, 0.15) is 65.7 Å². The van der Waals surface area contributed by atoms with Crippen molar-refractivity contribution in [2.45, 2.75) is 65.7 Å². The summed E-state index contributed by atoms with van der Waals surface area (Å²) >= 11 is 0. The molecule has 0 N–H and O–H groups in total. The van der Waals surface area contributed by atoms with Crippen LogP contribution >= 0.6 is 0 Å². The number of rotatable bonds is 14. The Hall–Kier alpha value is -1.10. The number of hydrogen-bond donors (Lipinski definition) is 0. The first-order valence-corrected chi connectivity index (χ1v) is 8.52. The molecule has 0 saturated heterocycles. The molecule has 0 heterocycles. The lowest BCUT2D eigenvalue weighted by Gasteiger charge is -2.12. The molecule has 0 unspecified atom stereocenters. The Morgan fingerprint density at radius 1 is 0.818 bits per heavy atom. The summed E-state index contributed by atoms with van der Waals surface area (Å²) < 4.78 is 15.1. The Kier molecular flexibility index (Phi) is 14.1. The largest absolute Gasteiger partial charge is 0.464 e. The van der Waals surface area contributed by atoms with Gasteiger partial charge >= 0.3 is 11.9 Å². The number of carbonyl (C=O) groups excluding carboxylic acids is 2. The number of esters is 2. The first-order chi connectivity index (χ1) is 10.6. The minimum atomic E-state index is -0.431. The van der Waals surface area contributed by atoms with Gasteiger partial charge in [0, 0.05) is 0 Å². The Balaban J connectivity index is 3.48. The summed E-state index contributed by atoms with van der Waals surface area (Å²) in [6, 6.07) is 0. The third kappa shape index (κ3) is 12.6. The number of unbranched alkanes of at least 4 members (excludes halogenated alkanes) is 4. The van der Waals surface area contributed by atoms with Gasteiger partial charge in [-0.3, -0.25) is 0 Å². The van der Waals surface area contributed by atoms with Crippen LogP contribution in [0.3, 0.4) is 0 Å². The zero-order valence-corrected chi connectivity index (χ0v) is 14.4. The van der Waals surface area contributed by atoms with Crippen molar-refractivity contribution in [3.63, 3.8) is 0 Å². The summed E-state index contributed by atoms with van der Waals surface area (Å²) in [4.78, 5) is 22.8. The second kappa shape index (κ2) is 14.8. The maximum Gasteiger partial charge on any atom is 0.332 e. The highest BCUT2D eigenvalue weighted by atomic mass is 16.6. The third-order valence-corrected chi connectivity index (χ3v) is 3.59. The van der Waals surface area contributed by atoms with Crippen LogP contribution < -0.4 is 0 Å². The predicted molar refractivity (Wildman–Crippen MR) is 85.6 cm³/mol. The maximum absolute atomic E-state index is 11.4. The van der Waals surface area contributed by atoms with Crippen LogP contribution in [0, 0.1) is 5.92 Å². The van der Waals surface area contributed by atoms with Crippen molar-refractivity contribution in [1.29, 1.82) is 0 Å². The molecule has 0 aliphatic heterocycles. The van der Waals surface area contributed by atoms with Gasteiger partial charge in [-0.2, -0.15) is 0 Å². The lowest BCUT2D eigenvalue weighted by Crippen LogP contribution is -2.20. The average Bonchev–Trinajstić information content (AvgIpc) is 2.51. The minimum Gasteiger partial charge on any atom is -0.464 e. The Bertz CT molecular complexity index is 287. The third-order valence-electron chi connectivity index (χ3n) is 3.59. The second-order valence-electron chi connectivity index (χ2n) is 5.49. The second-order valence-corrected chi connectivity index (χ2v) is 5.49. The van der Waals surface area contributed by atoms with E-state index >= 15 is 0 Å². The van der Waals surface area contributed by atoms with E-state index < -0.39 is 11.9 Å². The number of carbonyl (C=O) groups is 2. The first-order valence-electron chi connectivity index (χ1n) is 8.52. The van der Waals surface area contributed by atoms with Gasteiger partial charge in [0.1, 0.15) is 13.2 Å². The fourth-order valence-corrected chi connectivity index (χ4v) is 1.93. The van der Waals surface area contributed by atoms with Gasteiger partial charge in [0.2, 0.25) is 0 Å². The zero-order valence-electron chi connectivity index (χ0n) is 14.4. The highest BCUT2D eigenvalue weighted by Crippen LogP contribution is 2.07. The summed E-state index contributed by atoms with van der Waals surface area (Å²) in [5, 5.41) is 0. The lowest BCUT2D eigenvalue weighted by molar-refractivity contribution is -0.156. The quantitative estimate of drug-likeness (QED) is 0.362. The van der Waals surface area contributed by atoms with Crippen molar-refractivity contribution >= 4 is 11.9 Å². The molecular formula is C17H32O5. The zero-order chi connectivity index (χ0) is 16.6. The molecule has 0 atom stereocenters. The van der Waals surface area contributed by atoms with Gasteiger partial charge in [0.25, 0.3) is 0 Å². The monoisotopic (exact) mass is 316 g/mol. The van der Waals surface area contributed by atoms with E-state index in [9.17, 15) is 9.59 Å². The lowest BCUT2D eigenvalue weighted by atomic mass is 10.1. The van der Waals surface area contributed by atoms with Crippen LogP contribution in [-0.4, -0.2) is 38.4 Å². The fourth-order valence-electron chi connectivity index (χ4n) is 1.93. The number of ether oxygens (including phenoxy) is 3. The van der Waals surface area contributed by atoms with Crippen LogP contribution in [0.4, 0.5) is 0 Å². The fraction of sp³-hybridized carbons (Fsp3) is 0.882. The SMILES string of the molecule is CCCCCCCOC(=O)COCC(=O)OCC(CC)CC.